The van der Waals surface area contributed by atoms with E-state index < -0.39 is 0 Å². The SMILES string of the molecule is O=c1c2c(c3ccccc3c3c4cc(-c5ccc6c(c5)c5ccccc5n6-c5ccccc5)ccc4n(-c4nc(-c5ccccc5)c5ccccc5n4)c23)c2ccccc2n1-c1ccccc1. The Morgan fingerprint density at radius 2 is 0.806 bits per heavy atom. The van der Waals surface area contributed by atoms with Crippen molar-refractivity contribution in [3.8, 4) is 39.7 Å². The molecule has 0 fully saturated rings. The molecule has 0 aliphatic carbocycles. The average molecular weight is 856 g/mol. The van der Waals surface area contributed by atoms with E-state index in [0.717, 1.165) is 105 Å². The predicted molar refractivity (Wildman–Crippen MR) is 277 cm³/mol. The summed E-state index contributed by atoms with van der Waals surface area (Å²) >= 11 is 0. The standard InChI is InChI=1S/C61H37N5O/c67-60-57-55(47-28-14-17-31-52(47)65(60)42-22-8-3-9-23-42)44-25-10-11-26-45(44)56-49-37-40(39-32-34-53-48(36-39)43-24-13-16-30-51(43)64(53)41-20-6-2-7-21-41)33-35-54(49)66(59(56)57)61-62-50-29-15-12-27-46(50)58(63-61)38-18-4-1-5-19-38/h1-37H. The van der Waals surface area contributed by atoms with Crippen LogP contribution < -0.4 is 5.56 Å². The van der Waals surface area contributed by atoms with Crippen molar-refractivity contribution in [3.63, 3.8) is 0 Å². The average Bonchev–Trinajstić information content (AvgIpc) is 3.92. The molecule has 0 atom stereocenters. The second kappa shape index (κ2) is 14.4. The second-order valence-corrected chi connectivity index (χ2v) is 17.3. The van der Waals surface area contributed by atoms with Crippen LogP contribution in [0.5, 0.6) is 0 Å². The summed E-state index contributed by atoms with van der Waals surface area (Å²) < 4.78 is 6.38. The van der Waals surface area contributed by atoms with Gasteiger partial charge in [0.25, 0.3) is 5.56 Å². The summed E-state index contributed by atoms with van der Waals surface area (Å²) in [7, 11) is 0. The van der Waals surface area contributed by atoms with Crippen LogP contribution in [0.15, 0.2) is 229 Å². The normalized spacial score (nSPS) is 11.9. The molecule has 0 N–H and O–H groups in total. The number of para-hydroxylation sites is 5. The summed E-state index contributed by atoms with van der Waals surface area (Å²) in [6.07, 6.45) is 0. The fraction of sp³-hybridized carbons (Fsp3) is 0. The Bertz CT molecular complexity index is 4400. The van der Waals surface area contributed by atoms with Crippen LogP contribution in [0.2, 0.25) is 0 Å². The molecule has 14 aromatic rings. The van der Waals surface area contributed by atoms with E-state index in [1.165, 1.54) is 10.8 Å². The third-order valence-electron chi connectivity index (χ3n) is 13.6. The van der Waals surface area contributed by atoms with Gasteiger partial charge in [0, 0.05) is 54.6 Å². The number of benzene rings is 10. The number of pyridine rings is 1. The van der Waals surface area contributed by atoms with Gasteiger partial charge in [-0.1, -0.05) is 158 Å². The third kappa shape index (κ3) is 5.47. The highest BCUT2D eigenvalue weighted by molar-refractivity contribution is 6.36. The highest BCUT2D eigenvalue weighted by Gasteiger charge is 2.26. The largest absolute Gasteiger partial charge is 0.309 e. The summed E-state index contributed by atoms with van der Waals surface area (Å²) in [6, 6.07) is 78.0. The van der Waals surface area contributed by atoms with Gasteiger partial charge in [0.1, 0.15) is 0 Å². The second-order valence-electron chi connectivity index (χ2n) is 17.3. The summed E-state index contributed by atoms with van der Waals surface area (Å²) in [5.41, 5.74) is 11.5. The van der Waals surface area contributed by atoms with E-state index in [4.69, 9.17) is 9.97 Å². The molecule has 0 saturated carbocycles. The Morgan fingerprint density at radius 3 is 1.49 bits per heavy atom. The molecule has 4 heterocycles. The number of hydrogen-bond acceptors (Lipinski definition) is 3. The summed E-state index contributed by atoms with van der Waals surface area (Å²) in [6.45, 7) is 0. The zero-order valence-electron chi connectivity index (χ0n) is 36.0. The Balaban J connectivity index is 1.15. The van der Waals surface area contributed by atoms with Crippen molar-refractivity contribution in [2.24, 2.45) is 0 Å². The van der Waals surface area contributed by atoms with E-state index in [2.05, 4.69) is 161 Å². The van der Waals surface area contributed by atoms with Crippen molar-refractivity contribution < 1.29 is 0 Å². The lowest BCUT2D eigenvalue weighted by Crippen LogP contribution is -2.20. The molecule has 312 valence electrons. The molecule has 0 saturated heterocycles. The topological polar surface area (TPSA) is 57.6 Å². The van der Waals surface area contributed by atoms with E-state index in [-0.39, 0.29) is 5.56 Å². The first-order valence-corrected chi connectivity index (χ1v) is 22.6. The van der Waals surface area contributed by atoms with Gasteiger partial charge in [-0.25, -0.2) is 9.97 Å². The van der Waals surface area contributed by atoms with Gasteiger partial charge < -0.3 is 4.57 Å². The molecule has 0 unspecified atom stereocenters. The smallest absolute Gasteiger partial charge is 0.265 e. The molecule has 6 heteroatoms. The van der Waals surface area contributed by atoms with E-state index in [1.807, 2.05) is 77.4 Å². The van der Waals surface area contributed by atoms with Crippen LogP contribution in [-0.2, 0) is 0 Å². The van der Waals surface area contributed by atoms with Gasteiger partial charge in [-0.3, -0.25) is 13.9 Å². The van der Waals surface area contributed by atoms with Crippen LogP contribution in [0, 0.1) is 0 Å². The lowest BCUT2D eigenvalue weighted by Gasteiger charge is -2.17. The first kappa shape index (κ1) is 37.3. The highest BCUT2D eigenvalue weighted by atomic mass is 16.1. The first-order valence-electron chi connectivity index (χ1n) is 22.6. The molecule has 4 aromatic heterocycles. The minimum atomic E-state index is -0.107. The van der Waals surface area contributed by atoms with E-state index in [1.54, 1.807) is 0 Å². The fourth-order valence-electron chi connectivity index (χ4n) is 10.8. The van der Waals surface area contributed by atoms with Crippen LogP contribution in [0.4, 0.5) is 0 Å². The van der Waals surface area contributed by atoms with Crippen molar-refractivity contribution in [1.29, 1.82) is 0 Å². The zero-order valence-corrected chi connectivity index (χ0v) is 36.0. The first-order chi connectivity index (χ1) is 33.2. The molecule has 0 spiro atoms. The van der Waals surface area contributed by atoms with Gasteiger partial charge in [-0.2, -0.15) is 0 Å². The molecule has 67 heavy (non-hydrogen) atoms. The van der Waals surface area contributed by atoms with Crippen molar-refractivity contribution in [2.45, 2.75) is 0 Å². The van der Waals surface area contributed by atoms with Gasteiger partial charge in [0.2, 0.25) is 5.95 Å². The van der Waals surface area contributed by atoms with Gasteiger partial charge in [-0.05, 0) is 88.6 Å². The minimum absolute atomic E-state index is 0.107. The van der Waals surface area contributed by atoms with E-state index in [9.17, 15) is 0 Å². The molecule has 0 amide bonds. The zero-order chi connectivity index (χ0) is 44.2. The summed E-state index contributed by atoms with van der Waals surface area (Å²) in [5, 5.41) is 9.90. The van der Waals surface area contributed by atoms with E-state index >= 15 is 4.79 Å². The molecule has 14 rings (SSSR count). The maximum absolute atomic E-state index is 15.9. The van der Waals surface area contributed by atoms with Gasteiger partial charge in [0.05, 0.1) is 44.2 Å². The lowest BCUT2D eigenvalue weighted by molar-refractivity contribution is 1.01. The highest BCUT2D eigenvalue weighted by Crippen LogP contribution is 2.45. The monoisotopic (exact) mass is 855 g/mol. The molecule has 6 nitrogen and oxygen atoms in total. The van der Waals surface area contributed by atoms with E-state index in [0.29, 0.717) is 11.3 Å². The number of hydrogen-bond donors (Lipinski definition) is 0. The van der Waals surface area contributed by atoms with Gasteiger partial charge in [0.15, 0.2) is 0 Å². The molecule has 0 radical (unpaired) electrons. The Kier molecular flexibility index (Phi) is 8.03. The Labute approximate surface area is 383 Å². The van der Waals surface area contributed by atoms with Crippen molar-refractivity contribution in [2.75, 3.05) is 0 Å². The predicted octanol–water partition coefficient (Wildman–Crippen LogP) is 14.8. The van der Waals surface area contributed by atoms with Gasteiger partial charge in [-0.15, -0.1) is 0 Å². The molecule has 10 aromatic carbocycles. The number of rotatable bonds is 5. The molecule has 0 bridgehead atoms. The molecule has 0 aliphatic heterocycles. The van der Waals surface area contributed by atoms with Crippen LogP contribution in [0.25, 0.3) is 127 Å². The van der Waals surface area contributed by atoms with Crippen LogP contribution in [-0.4, -0.2) is 23.7 Å². The van der Waals surface area contributed by atoms with Crippen molar-refractivity contribution in [3.05, 3.63) is 235 Å². The maximum Gasteiger partial charge on any atom is 0.265 e. The Hall–Kier alpha value is -9.13. The van der Waals surface area contributed by atoms with Crippen LogP contribution in [0.1, 0.15) is 0 Å². The quantitative estimate of drug-likeness (QED) is 0.162. The fourth-order valence-corrected chi connectivity index (χ4v) is 10.8. The van der Waals surface area contributed by atoms with Crippen molar-refractivity contribution >= 4 is 87.0 Å². The summed E-state index contributed by atoms with van der Waals surface area (Å²) in [4.78, 5) is 26.8. The summed E-state index contributed by atoms with van der Waals surface area (Å²) in [5.74, 6) is 0.496. The number of nitrogens with zero attached hydrogens (tertiary/aromatic N) is 5. The minimum Gasteiger partial charge on any atom is -0.309 e. The third-order valence-corrected chi connectivity index (χ3v) is 13.6. The number of fused-ring (bicyclic) bond motifs is 14. The molecular formula is C61H37N5O. The van der Waals surface area contributed by atoms with Crippen molar-refractivity contribution in [1.82, 2.24) is 23.7 Å². The molecular weight excluding hydrogens is 819 g/mol. The van der Waals surface area contributed by atoms with Crippen LogP contribution >= 0.6 is 0 Å². The number of aromatic nitrogens is 5. The van der Waals surface area contributed by atoms with Crippen LogP contribution in [0.3, 0.4) is 0 Å². The maximum atomic E-state index is 15.9. The molecule has 0 aliphatic rings. The van der Waals surface area contributed by atoms with Gasteiger partial charge >= 0.3 is 0 Å². The lowest BCUT2D eigenvalue weighted by atomic mass is 9.94. The Morgan fingerprint density at radius 1 is 0.313 bits per heavy atom.